The largest absolute Gasteiger partial charge is 0.416 e. The second-order valence-electron chi connectivity index (χ2n) is 3.66. The Morgan fingerprint density at radius 2 is 2.11 bits per heavy atom. The average molecular weight is 285 g/mol. The minimum Gasteiger partial charge on any atom is -0.288 e. The van der Waals surface area contributed by atoms with Crippen molar-refractivity contribution < 1.29 is 18.0 Å². The van der Waals surface area contributed by atoms with Gasteiger partial charge in [-0.15, -0.1) is 0 Å². The Balaban J connectivity index is 2.95. The van der Waals surface area contributed by atoms with E-state index in [-0.39, 0.29) is 16.2 Å². The Morgan fingerprint density at radius 3 is 2.63 bits per heavy atom. The first-order valence-electron chi connectivity index (χ1n) is 5.25. The highest BCUT2D eigenvalue weighted by molar-refractivity contribution is 8.13. The topological polar surface area (TPSA) is 40.9 Å². The summed E-state index contributed by atoms with van der Waals surface area (Å²) < 4.78 is 37.8. The Morgan fingerprint density at radius 1 is 1.42 bits per heavy atom. The first kappa shape index (κ1) is 15.3. The second kappa shape index (κ2) is 6.43. The van der Waals surface area contributed by atoms with Gasteiger partial charge in [0.15, 0.2) is 5.12 Å². The Kier molecular flexibility index (Phi) is 5.19. The van der Waals surface area contributed by atoms with E-state index in [0.29, 0.717) is 5.75 Å². The van der Waals surface area contributed by atoms with E-state index in [2.05, 4.69) is 0 Å². The van der Waals surface area contributed by atoms with Crippen molar-refractivity contribution in [2.75, 3.05) is 5.75 Å². The molecule has 2 nitrogen and oxygen atoms in total. The van der Waals surface area contributed by atoms with Gasteiger partial charge < -0.3 is 0 Å². The molecule has 1 aromatic rings. The van der Waals surface area contributed by atoms with E-state index >= 15 is 0 Å². The third kappa shape index (κ3) is 5.18. The molecule has 1 aromatic carbocycles. The number of nitriles is 1. The summed E-state index contributed by atoms with van der Waals surface area (Å²) >= 11 is 1.06. The van der Waals surface area contributed by atoms with E-state index in [4.69, 9.17) is 5.26 Å². The van der Waals surface area contributed by atoms with Crippen LogP contribution in [0.3, 0.4) is 0 Å². The molecular weight excluding hydrogens is 275 g/mol. The molecule has 0 saturated heterocycles. The molecule has 100 valence electrons. The summed E-state index contributed by atoms with van der Waals surface area (Å²) in [5.74, 6) is 0.382. The molecular formula is C13H10F3NOS. The van der Waals surface area contributed by atoms with Crippen LogP contribution in [0.1, 0.15) is 23.6 Å². The minimum atomic E-state index is -4.48. The van der Waals surface area contributed by atoms with E-state index < -0.39 is 11.7 Å². The highest BCUT2D eigenvalue weighted by Gasteiger charge is 2.30. The zero-order valence-electron chi connectivity index (χ0n) is 9.99. The molecule has 0 amide bonds. The Bertz CT molecular complexity index is 544. The lowest BCUT2D eigenvalue weighted by Crippen LogP contribution is -2.05. The number of alkyl halides is 3. The molecule has 0 radical (unpaired) electrons. The summed E-state index contributed by atoms with van der Waals surface area (Å²) in [5, 5.41) is 8.64. The van der Waals surface area contributed by atoms with Gasteiger partial charge in [-0.3, -0.25) is 4.79 Å². The third-order valence-electron chi connectivity index (χ3n) is 2.10. The zero-order valence-corrected chi connectivity index (χ0v) is 10.8. The smallest absolute Gasteiger partial charge is 0.288 e. The molecule has 19 heavy (non-hydrogen) atoms. The normalized spacial score (nSPS) is 11.5. The van der Waals surface area contributed by atoms with Gasteiger partial charge in [0.05, 0.1) is 17.2 Å². The average Bonchev–Trinajstić information content (AvgIpc) is 2.33. The molecule has 0 fully saturated rings. The van der Waals surface area contributed by atoms with Gasteiger partial charge in [-0.05, 0) is 23.8 Å². The predicted molar refractivity (Wildman–Crippen MR) is 68.3 cm³/mol. The van der Waals surface area contributed by atoms with Crippen molar-refractivity contribution in [3.8, 4) is 6.07 Å². The zero-order chi connectivity index (χ0) is 14.5. The number of halogens is 3. The van der Waals surface area contributed by atoms with Crippen LogP contribution in [0.2, 0.25) is 0 Å². The van der Waals surface area contributed by atoms with Crippen molar-refractivity contribution in [2.24, 2.45) is 0 Å². The summed E-state index contributed by atoms with van der Waals surface area (Å²) in [6, 6.07) is 4.84. The van der Waals surface area contributed by atoms with E-state index in [1.54, 1.807) is 12.1 Å². The van der Waals surface area contributed by atoms with Gasteiger partial charge in [-0.1, -0.05) is 23.9 Å². The van der Waals surface area contributed by atoms with Crippen molar-refractivity contribution in [3.05, 3.63) is 41.0 Å². The number of benzene rings is 1. The van der Waals surface area contributed by atoms with Crippen molar-refractivity contribution >= 4 is 23.0 Å². The number of thioether (sulfide) groups is 1. The van der Waals surface area contributed by atoms with Crippen LogP contribution < -0.4 is 0 Å². The summed E-state index contributed by atoms with van der Waals surface area (Å²) in [6.45, 7) is 1.41. The Labute approximate surface area is 112 Å². The number of rotatable bonds is 3. The van der Waals surface area contributed by atoms with Gasteiger partial charge in [0.25, 0.3) is 0 Å². The van der Waals surface area contributed by atoms with Gasteiger partial charge in [0.1, 0.15) is 0 Å². The fourth-order valence-corrected chi connectivity index (χ4v) is 1.75. The standard InChI is InChI=1S/C13H10F3NOS/c1-9(18)19-4-2-3-10-5-11(8-17)7-12(6-10)13(14,15)16/h2-3,5-7H,4H2,1H3. The fraction of sp³-hybridized carbons (Fsp3) is 0.231. The highest BCUT2D eigenvalue weighted by atomic mass is 32.2. The maximum Gasteiger partial charge on any atom is 0.416 e. The first-order valence-corrected chi connectivity index (χ1v) is 6.24. The van der Waals surface area contributed by atoms with E-state index in [0.717, 1.165) is 23.9 Å². The molecule has 0 N–H and O–H groups in total. The molecule has 0 spiro atoms. The lowest BCUT2D eigenvalue weighted by atomic mass is 10.1. The summed E-state index contributed by atoms with van der Waals surface area (Å²) in [4.78, 5) is 10.7. The molecule has 0 aromatic heterocycles. The second-order valence-corrected chi connectivity index (χ2v) is 4.86. The lowest BCUT2D eigenvalue weighted by Gasteiger charge is -2.07. The third-order valence-corrected chi connectivity index (χ3v) is 2.87. The van der Waals surface area contributed by atoms with E-state index in [1.165, 1.54) is 19.1 Å². The van der Waals surface area contributed by atoms with Crippen molar-refractivity contribution in [2.45, 2.75) is 13.1 Å². The van der Waals surface area contributed by atoms with E-state index in [1.807, 2.05) is 0 Å². The molecule has 0 atom stereocenters. The van der Waals surface area contributed by atoms with Crippen molar-refractivity contribution in [1.82, 2.24) is 0 Å². The summed E-state index contributed by atoms with van der Waals surface area (Å²) in [6.07, 6.45) is -1.43. The van der Waals surface area contributed by atoms with Crippen LogP contribution in [0.15, 0.2) is 24.3 Å². The number of carbonyl (C=O) groups excluding carboxylic acids is 1. The molecule has 0 aliphatic rings. The molecule has 0 heterocycles. The van der Waals surface area contributed by atoms with Crippen molar-refractivity contribution in [1.29, 1.82) is 5.26 Å². The molecule has 0 saturated carbocycles. The lowest BCUT2D eigenvalue weighted by molar-refractivity contribution is -0.137. The van der Waals surface area contributed by atoms with Gasteiger partial charge >= 0.3 is 6.18 Å². The fourth-order valence-electron chi connectivity index (χ4n) is 1.33. The van der Waals surface area contributed by atoms with Gasteiger partial charge in [0.2, 0.25) is 0 Å². The quantitative estimate of drug-likeness (QED) is 0.846. The van der Waals surface area contributed by atoms with E-state index in [9.17, 15) is 18.0 Å². The predicted octanol–water partition coefficient (Wildman–Crippen LogP) is 3.87. The monoisotopic (exact) mass is 285 g/mol. The molecule has 0 unspecified atom stereocenters. The molecule has 0 bridgehead atoms. The van der Waals surface area contributed by atoms with Crippen LogP contribution in [0.5, 0.6) is 0 Å². The molecule has 1 rings (SSSR count). The number of nitrogens with zero attached hydrogens (tertiary/aromatic N) is 1. The van der Waals surface area contributed by atoms with Crippen LogP contribution in [0, 0.1) is 11.3 Å². The Hall–Kier alpha value is -1.74. The van der Waals surface area contributed by atoms with Gasteiger partial charge in [-0.2, -0.15) is 18.4 Å². The van der Waals surface area contributed by atoms with Crippen LogP contribution in [0.4, 0.5) is 13.2 Å². The summed E-state index contributed by atoms with van der Waals surface area (Å²) in [5.41, 5.74) is -0.616. The first-order chi connectivity index (χ1) is 8.82. The van der Waals surface area contributed by atoms with Crippen molar-refractivity contribution in [3.63, 3.8) is 0 Å². The summed E-state index contributed by atoms with van der Waals surface area (Å²) in [7, 11) is 0. The SMILES string of the molecule is CC(=O)SCC=Cc1cc(C#N)cc(C(F)(F)F)c1. The molecule has 6 heteroatoms. The highest BCUT2D eigenvalue weighted by Crippen LogP contribution is 2.30. The van der Waals surface area contributed by atoms with Gasteiger partial charge in [-0.25, -0.2) is 0 Å². The maximum atomic E-state index is 12.6. The van der Waals surface area contributed by atoms with Gasteiger partial charge in [0, 0.05) is 12.7 Å². The molecule has 0 aliphatic heterocycles. The maximum absolute atomic E-state index is 12.6. The number of hydrogen-bond donors (Lipinski definition) is 0. The molecule has 0 aliphatic carbocycles. The number of carbonyl (C=O) groups is 1. The van der Waals surface area contributed by atoms with Crippen LogP contribution >= 0.6 is 11.8 Å². The minimum absolute atomic E-state index is 0.0475. The van der Waals surface area contributed by atoms with Crippen LogP contribution in [-0.2, 0) is 11.0 Å². The van der Waals surface area contributed by atoms with Crippen LogP contribution in [0.25, 0.3) is 6.08 Å². The van der Waals surface area contributed by atoms with Crippen LogP contribution in [-0.4, -0.2) is 10.9 Å². The number of hydrogen-bond acceptors (Lipinski definition) is 3.